The number of unbranched alkanes of at least 4 members (excludes halogenated alkanes) is 1. The third kappa shape index (κ3) is 5.71. The topological polar surface area (TPSA) is 38.3 Å². The van der Waals surface area contributed by atoms with Gasteiger partial charge in [0.2, 0.25) is 0 Å². The van der Waals surface area contributed by atoms with E-state index in [1.165, 1.54) is 17.5 Å². The zero-order valence-electron chi connectivity index (χ0n) is 14.7. The number of amides is 1. The van der Waals surface area contributed by atoms with Crippen molar-refractivity contribution in [2.45, 2.75) is 51.2 Å². The Morgan fingerprint density at radius 1 is 0.920 bits per heavy atom. The van der Waals surface area contributed by atoms with Crippen molar-refractivity contribution < 1.29 is 9.53 Å². The maximum Gasteiger partial charge on any atom is 0.253 e. The lowest BCUT2D eigenvalue weighted by Gasteiger charge is -2.23. The van der Waals surface area contributed by atoms with Gasteiger partial charge in [-0.25, -0.2) is 0 Å². The molecule has 1 unspecified atom stereocenters. The Hall–Kier alpha value is -2.13. The highest BCUT2D eigenvalue weighted by Crippen LogP contribution is 2.13. The van der Waals surface area contributed by atoms with Crippen molar-refractivity contribution in [1.82, 2.24) is 5.32 Å². The molecule has 3 nitrogen and oxygen atoms in total. The summed E-state index contributed by atoms with van der Waals surface area (Å²) < 4.78 is 5.56. The molecule has 1 amide bonds. The average molecular weight is 337 g/mol. The summed E-state index contributed by atoms with van der Waals surface area (Å²) in [5.41, 5.74) is 3.40. The van der Waals surface area contributed by atoms with Crippen molar-refractivity contribution in [3.05, 3.63) is 71.3 Å². The number of carbonyl (C=O) groups is 1. The van der Waals surface area contributed by atoms with E-state index in [-0.39, 0.29) is 12.1 Å². The van der Waals surface area contributed by atoms with Crippen LogP contribution < -0.4 is 5.32 Å². The van der Waals surface area contributed by atoms with E-state index >= 15 is 0 Å². The molecule has 3 heteroatoms. The Kier molecular flexibility index (Phi) is 6.63. The summed E-state index contributed by atoms with van der Waals surface area (Å²) in [6.45, 7) is 0.743. The van der Waals surface area contributed by atoms with Crippen LogP contribution in [-0.2, 0) is 17.6 Å². The highest BCUT2D eigenvalue weighted by atomic mass is 16.5. The van der Waals surface area contributed by atoms with Crippen LogP contribution in [0.1, 0.15) is 53.6 Å². The first-order valence-corrected chi connectivity index (χ1v) is 9.36. The molecular formula is C22H27NO2. The molecule has 2 aromatic carbocycles. The smallest absolute Gasteiger partial charge is 0.253 e. The molecule has 0 aromatic heterocycles. The summed E-state index contributed by atoms with van der Waals surface area (Å²) in [6.07, 6.45) is 7.52. The van der Waals surface area contributed by atoms with E-state index in [0.29, 0.717) is 5.56 Å². The van der Waals surface area contributed by atoms with Gasteiger partial charge in [-0.2, -0.15) is 0 Å². The van der Waals surface area contributed by atoms with E-state index < -0.39 is 0 Å². The molecule has 1 aliphatic rings. The Labute approximate surface area is 150 Å². The van der Waals surface area contributed by atoms with Gasteiger partial charge in [0, 0.05) is 12.2 Å². The molecule has 1 saturated heterocycles. The number of benzene rings is 2. The van der Waals surface area contributed by atoms with Gasteiger partial charge < -0.3 is 10.1 Å². The van der Waals surface area contributed by atoms with Crippen molar-refractivity contribution in [2.75, 3.05) is 6.61 Å². The molecule has 3 rings (SSSR count). The molecule has 0 bridgehead atoms. The van der Waals surface area contributed by atoms with Crippen molar-refractivity contribution in [1.29, 1.82) is 0 Å². The number of carbonyl (C=O) groups excluding carboxylic acids is 1. The summed E-state index contributed by atoms with van der Waals surface area (Å²) in [6, 6.07) is 18.6. The third-order valence-electron chi connectivity index (χ3n) is 4.71. The monoisotopic (exact) mass is 337 g/mol. The van der Waals surface area contributed by atoms with Crippen molar-refractivity contribution >= 4 is 5.91 Å². The zero-order chi connectivity index (χ0) is 17.3. The minimum Gasteiger partial charge on any atom is -0.359 e. The Morgan fingerprint density at radius 2 is 1.60 bits per heavy atom. The van der Waals surface area contributed by atoms with Gasteiger partial charge >= 0.3 is 0 Å². The van der Waals surface area contributed by atoms with Crippen LogP contribution >= 0.6 is 0 Å². The Balaban J connectivity index is 1.41. The molecule has 132 valence electrons. The van der Waals surface area contributed by atoms with E-state index in [1.807, 2.05) is 12.1 Å². The summed E-state index contributed by atoms with van der Waals surface area (Å²) in [5, 5.41) is 2.96. The second kappa shape index (κ2) is 9.38. The van der Waals surface area contributed by atoms with Crippen LogP contribution in [0.5, 0.6) is 0 Å². The Morgan fingerprint density at radius 3 is 2.24 bits per heavy atom. The highest BCUT2D eigenvalue weighted by molar-refractivity contribution is 5.94. The molecule has 1 N–H and O–H groups in total. The van der Waals surface area contributed by atoms with Gasteiger partial charge in [-0.15, -0.1) is 0 Å². The molecule has 1 aliphatic heterocycles. The summed E-state index contributed by atoms with van der Waals surface area (Å²) in [5.74, 6) is -0.0393. The first kappa shape index (κ1) is 17.7. The average Bonchev–Trinajstić information content (AvgIpc) is 2.67. The lowest BCUT2D eigenvalue weighted by Crippen LogP contribution is -2.38. The van der Waals surface area contributed by atoms with Crippen LogP contribution in [0.25, 0.3) is 0 Å². The Bertz CT molecular complexity index is 645. The van der Waals surface area contributed by atoms with Gasteiger partial charge in [0.15, 0.2) is 0 Å². The van der Waals surface area contributed by atoms with E-state index in [1.54, 1.807) is 0 Å². The van der Waals surface area contributed by atoms with Gasteiger partial charge in [-0.05, 0) is 68.2 Å². The van der Waals surface area contributed by atoms with Crippen LogP contribution in [-0.4, -0.2) is 18.7 Å². The van der Waals surface area contributed by atoms with Crippen LogP contribution in [0.3, 0.4) is 0 Å². The fourth-order valence-corrected chi connectivity index (χ4v) is 3.21. The minimum atomic E-state index is -0.126. The predicted octanol–water partition coefficient (Wildman–Crippen LogP) is 4.51. The van der Waals surface area contributed by atoms with E-state index in [4.69, 9.17) is 4.74 Å². The van der Waals surface area contributed by atoms with Gasteiger partial charge in [-0.3, -0.25) is 4.79 Å². The SMILES string of the molecule is O=C(NC1CCCCO1)c1ccc(CCCCc2ccccc2)cc1. The van der Waals surface area contributed by atoms with Gasteiger partial charge in [0.25, 0.3) is 5.91 Å². The second-order valence-electron chi connectivity index (χ2n) is 6.72. The fraction of sp³-hybridized carbons (Fsp3) is 0.409. The number of ether oxygens (including phenoxy) is 1. The molecule has 25 heavy (non-hydrogen) atoms. The third-order valence-corrected chi connectivity index (χ3v) is 4.71. The lowest BCUT2D eigenvalue weighted by atomic mass is 10.0. The zero-order valence-corrected chi connectivity index (χ0v) is 14.7. The van der Waals surface area contributed by atoms with Crippen LogP contribution in [0.15, 0.2) is 54.6 Å². The molecule has 1 atom stereocenters. The molecule has 1 fully saturated rings. The number of hydrogen-bond acceptors (Lipinski definition) is 2. The van der Waals surface area contributed by atoms with Crippen molar-refractivity contribution in [3.8, 4) is 0 Å². The minimum absolute atomic E-state index is 0.0393. The second-order valence-corrected chi connectivity index (χ2v) is 6.72. The number of hydrogen-bond donors (Lipinski definition) is 1. The fourth-order valence-electron chi connectivity index (χ4n) is 3.21. The number of aryl methyl sites for hydroxylation is 2. The van der Waals surface area contributed by atoms with E-state index in [9.17, 15) is 4.79 Å². The van der Waals surface area contributed by atoms with Crippen LogP contribution in [0, 0.1) is 0 Å². The molecule has 0 saturated carbocycles. The van der Waals surface area contributed by atoms with E-state index in [2.05, 4.69) is 47.8 Å². The lowest BCUT2D eigenvalue weighted by molar-refractivity contribution is -0.00266. The molecule has 0 spiro atoms. The number of nitrogens with one attached hydrogen (secondary N) is 1. The largest absolute Gasteiger partial charge is 0.359 e. The molecular weight excluding hydrogens is 310 g/mol. The number of rotatable bonds is 7. The highest BCUT2D eigenvalue weighted by Gasteiger charge is 2.16. The maximum absolute atomic E-state index is 12.3. The predicted molar refractivity (Wildman–Crippen MR) is 101 cm³/mol. The first-order valence-electron chi connectivity index (χ1n) is 9.36. The van der Waals surface area contributed by atoms with Crippen LogP contribution in [0.4, 0.5) is 0 Å². The van der Waals surface area contributed by atoms with Crippen LogP contribution in [0.2, 0.25) is 0 Å². The normalized spacial score (nSPS) is 17.2. The summed E-state index contributed by atoms with van der Waals surface area (Å²) >= 11 is 0. The van der Waals surface area contributed by atoms with Crippen molar-refractivity contribution in [2.24, 2.45) is 0 Å². The van der Waals surface area contributed by atoms with Crippen molar-refractivity contribution in [3.63, 3.8) is 0 Å². The van der Waals surface area contributed by atoms with Gasteiger partial charge in [-0.1, -0.05) is 42.5 Å². The molecule has 0 aliphatic carbocycles. The quantitative estimate of drug-likeness (QED) is 0.755. The molecule has 2 aromatic rings. The molecule has 1 heterocycles. The van der Waals surface area contributed by atoms with Gasteiger partial charge in [0.05, 0.1) is 0 Å². The van der Waals surface area contributed by atoms with Gasteiger partial charge in [0.1, 0.15) is 6.23 Å². The summed E-state index contributed by atoms with van der Waals surface area (Å²) in [4.78, 5) is 12.3. The first-order chi connectivity index (χ1) is 12.3. The molecule has 0 radical (unpaired) electrons. The van der Waals surface area contributed by atoms with E-state index in [0.717, 1.165) is 45.1 Å². The summed E-state index contributed by atoms with van der Waals surface area (Å²) in [7, 11) is 0. The standard InChI is InChI=1S/C22H27NO2/c24-22(23-21-12-6-7-17-25-21)20-15-13-19(14-16-20)11-5-4-10-18-8-2-1-3-9-18/h1-3,8-9,13-16,21H,4-7,10-12,17H2,(H,23,24). The maximum atomic E-state index is 12.3.